The highest BCUT2D eigenvalue weighted by Crippen LogP contribution is 2.36. The number of methoxy groups -OCH3 is 1. The van der Waals surface area contributed by atoms with Crippen LogP contribution in [-0.4, -0.2) is 7.11 Å². The Labute approximate surface area is 95.6 Å². The molecule has 0 bridgehead atoms. The van der Waals surface area contributed by atoms with Crippen molar-refractivity contribution >= 4 is 11.3 Å². The standard InChI is InChI=1S/C11H20N2OS/c1-4-8(5-2)10(13-12)11-9(14-3)6-7-15-11/h6-8,10,13H,4-5,12H2,1-3H3. The smallest absolute Gasteiger partial charge is 0.134 e. The molecule has 3 nitrogen and oxygen atoms in total. The van der Waals surface area contributed by atoms with Gasteiger partial charge in [-0.15, -0.1) is 11.3 Å². The highest BCUT2D eigenvalue weighted by atomic mass is 32.1. The van der Waals surface area contributed by atoms with Crippen LogP contribution in [-0.2, 0) is 0 Å². The lowest BCUT2D eigenvalue weighted by molar-refractivity contribution is 0.334. The van der Waals surface area contributed by atoms with Crippen molar-refractivity contribution in [2.24, 2.45) is 11.8 Å². The minimum absolute atomic E-state index is 0.204. The first-order valence-corrected chi connectivity index (χ1v) is 6.23. The summed E-state index contributed by atoms with van der Waals surface area (Å²) in [6, 6.07) is 2.20. The molecular formula is C11H20N2OS. The Balaban J connectivity index is 2.90. The van der Waals surface area contributed by atoms with Gasteiger partial charge in [0.15, 0.2) is 0 Å². The van der Waals surface area contributed by atoms with Crippen LogP contribution >= 0.6 is 11.3 Å². The highest BCUT2D eigenvalue weighted by molar-refractivity contribution is 7.10. The van der Waals surface area contributed by atoms with Gasteiger partial charge in [0.2, 0.25) is 0 Å². The lowest BCUT2D eigenvalue weighted by atomic mass is 9.93. The fraction of sp³-hybridized carbons (Fsp3) is 0.636. The van der Waals surface area contributed by atoms with Gasteiger partial charge in [-0.2, -0.15) is 0 Å². The van der Waals surface area contributed by atoms with Crippen molar-refractivity contribution in [1.29, 1.82) is 0 Å². The van der Waals surface area contributed by atoms with E-state index in [2.05, 4.69) is 19.3 Å². The Morgan fingerprint density at radius 3 is 2.60 bits per heavy atom. The number of nitrogens with one attached hydrogen (secondary N) is 1. The third-order valence-corrected chi connectivity index (χ3v) is 3.84. The summed E-state index contributed by atoms with van der Waals surface area (Å²) >= 11 is 1.70. The van der Waals surface area contributed by atoms with E-state index in [0.29, 0.717) is 5.92 Å². The number of thiophene rings is 1. The van der Waals surface area contributed by atoms with E-state index in [-0.39, 0.29) is 6.04 Å². The number of nitrogens with two attached hydrogens (primary N) is 1. The summed E-state index contributed by atoms with van der Waals surface area (Å²) in [4.78, 5) is 1.20. The Hall–Kier alpha value is -0.580. The van der Waals surface area contributed by atoms with Crippen molar-refractivity contribution < 1.29 is 4.74 Å². The topological polar surface area (TPSA) is 47.3 Å². The molecule has 86 valence electrons. The van der Waals surface area contributed by atoms with Crippen LogP contribution < -0.4 is 16.0 Å². The monoisotopic (exact) mass is 228 g/mol. The van der Waals surface area contributed by atoms with Crippen molar-refractivity contribution in [3.63, 3.8) is 0 Å². The molecule has 0 aromatic carbocycles. The molecular weight excluding hydrogens is 208 g/mol. The molecule has 0 saturated heterocycles. The minimum Gasteiger partial charge on any atom is -0.496 e. The number of hydrogen-bond donors (Lipinski definition) is 2. The van der Waals surface area contributed by atoms with E-state index >= 15 is 0 Å². The van der Waals surface area contributed by atoms with Crippen LogP contribution in [0.4, 0.5) is 0 Å². The van der Waals surface area contributed by atoms with E-state index in [1.54, 1.807) is 18.4 Å². The Bertz CT molecular complexity index is 284. The third-order valence-electron chi connectivity index (χ3n) is 2.86. The van der Waals surface area contributed by atoms with Gasteiger partial charge in [-0.25, -0.2) is 0 Å². The summed E-state index contributed by atoms with van der Waals surface area (Å²) in [5, 5.41) is 2.04. The highest BCUT2D eigenvalue weighted by Gasteiger charge is 2.23. The van der Waals surface area contributed by atoms with Crippen molar-refractivity contribution in [3.8, 4) is 5.75 Å². The quantitative estimate of drug-likeness (QED) is 0.581. The molecule has 4 heteroatoms. The van der Waals surface area contributed by atoms with E-state index in [1.807, 2.05) is 11.4 Å². The molecule has 1 rings (SSSR count). The molecule has 0 aliphatic carbocycles. The van der Waals surface area contributed by atoms with Crippen LogP contribution in [0.3, 0.4) is 0 Å². The molecule has 1 aromatic heterocycles. The summed E-state index contributed by atoms with van der Waals surface area (Å²) in [6.07, 6.45) is 2.23. The van der Waals surface area contributed by atoms with Gasteiger partial charge in [0.25, 0.3) is 0 Å². The molecule has 1 aromatic rings. The van der Waals surface area contributed by atoms with Gasteiger partial charge in [0.05, 0.1) is 18.0 Å². The molecule has 0 amide bonds. The Morgan fingerprint density at radius 1 is 1.47 bits per heavy atom. The molecule has 15 heavy (non-hydrogen) atoms. The maximum atomic E-state index is 5.64. The summed E-state index contributed by atoms with van der Waals surface area (Å²) in [5.41, 5.74) is 2.91. The summed E-state index contributed by atoms with van der Waals surface area (Å²) in [6.45, 7) is 4.39. The van der Waals surface area contributed by atoms with E-state index in [1.165, 1.54) is 4.88 Å². The molecule has 0 saturated carbocycles. The first kappa shape index (κ1) is 12.5. The van der Waals surface area contributed by atoms with Gasteiger partial charge >= 0.3 is 0 Å². The van der Waals surface area contributed by atoms with E-state index in [0.717, 1.165) is 18.6 Å². The zero-order valence-corrected chi connectivity index (χ0v) is 10.4. The fourth-order valence-electron chi connectivity index (χ4n) is 1.89. The summed E-state index contributed by atoms with van der Waals surface area (Å²) in [5.74, 6) is 7.14. The van der Waals surface area contributed by atoms with Crippen molar-refractivity contribution in [2.45, 2.75) is 32.7 Å². The predicted octanol–water partition coefficient (Wildman–Crippen LogP) is 2.70. The normalized spacial score (nSPS) is 13.1. The number of rotatable bonds is 6. The molecule has 0 aliphatic rings. The predicted molar refractivity (Wildman–Crippen MR) is 65.0 cm³/mol. The lowest BCUT2D eigenvalue weighted by Gasteiger charge is -2.24. The Morgan fingerprint density at radius 2 is 2.13 bits per heavy atom. The second-order valence-electron chi connectivity index (χ2n) is 3.57. The third kappa shape index (κ3) is 2.71. The van der Waals surface area contributed by atoms with Gasteiger partial charge in [0.1, 0.15) is 5.75 Å². The van der Waals surface area contributed by atoms with Gasteiger partial charge in [-0.05, 0) is 17.4 Å². The van der Waals surface area contributed by atoms with Crippen LogP contribution in [0, 0.1) is 5.92 Å². The minimum atomic E-state index is 0.204. The molecule has 0 aliphatic heterocycles. The van der Waals surface area contributed by atoms with Crippen molar-refractivity contribution in [3.05, 3.63) is 16.3 Å². The van der Waals surface area contributed by atoms with E-state index in [9.17, 15) is 0 Å². The maximum Gasteiger partial charge on any atom is 0.134 e. The van der Waals surface area contributed by atoms with E-state index < -0.39 is 0 Å². The first-order valence-electron chi connectivity index (χ1n) is 5.35. The average molecular weight is 228 g/mol. The summed E-state index contributed by atoms with van der Waals surface area (Å²) < 4.78 is 5.32. The van der Waals surface area contributed by atoms with Gasteiger partial charge in [0, 0.05) is 0 Å². The molecule has 3 N–H and O–H groups in total. The van der Waals surface area contributed by atoms with Crippen LogP contribution in [0.2, 0.25) is 0 Å². The van der Waals surface area contributed by atoms with E-state index in [4.69, 9.17) is 10.6 Å². The molecule has 0 fully saturated rings. The molecule has 0 radical (unpaired) electrons. The molecule has 1 atom stereocenters. The lowest BCUT2D eigenvalue weighted by Crippen LogP contribution is -2.32. The Kier molecular flexibility index (Phi) is 5.08. The van der Waals surface area contributed by atoms with Crippen LogP contribution in [0.15, 0.2) is 11.4 Å². The second-order valence-corrected chi connectivity index (χ2v) is 4.52. The molecule has 1 heterocycles. The van der Waals surface area contributed by atoms with Crippen LogP contribution in [0.25, 0.3) is 0 Å². The van der Waals surface area contributed by atoms with Crippen molar-refractivity contribution in [2.75, 3.05) is 7.11 Å². The first-order chi connectivity index (χ1) is 7.28. The number of hydrazine groups is 1. The average Bonchev–Trinajstić information content (AvgIpc) is 2.73. The van der Waals surface area contributed by atoms with Crippen LogP contribution in [0.1, 0.15) is 37.6 Å². The largest absolute Gasteiger partial charge is 0.496 e. The van der Waals surface area contributed by atoms with Crippen molar-refractivity contribution in [1.82, 2.24) is 5.43 Å². The molecule has 1 unspecified atom stereocenters. The zero-order valence-electron chi connectivity index (χ0n) is 9.62. The number of hydrogen-bond acceptors (Lipinski definition) is 4. The number of ether oxygens (including phenoxy) is 1. The fourth-order valence-corrected chi connectivity index (χ4v) is 2.90. The zero-order chi connectivity index (χ0) is 11.3. The SMILES string of the molecule is CCC(CC)C(NN)c1sccc1OC. The summed E-state index contributed by atoms with van der Waals surface area (Å²) in [7, 11) is 1.70. The van der Waals surface area contributed by atoms with Crippen LogP contribution in [0.5, 0.6) is 5.75 Å². The second kappa shape index (κ2) is 6.10. The molecule has 0 spiro atoms. The maximum absolute atomic E-state index is 5.64. The van der Waals surface area contributed by atoms with Gasteiger partial charge < -0.3 is 4.74 Å². The van der Waals surface area contributed by atoms with Gasteiger partial charge in [-0.1, -0.05) is 26.7 Å². The van der Waals surface area contributed by atoms with Gasteiger partial charge in [-0.3, -0.25) is 11.3 Å².